The van der Waals surface area contributed by atoms with Gasteiger partial charge in [0.25, 0.3) is 0 Å². The van der Waals surface area contributed by atoms with Crippen LogP contribution in [0.2, 0.25) is 0 Å². The van der Waals surface area contributed by atoms with Crippen molar-refractivity contribution in [3.8, 4) is 0 Å². The Kier molecular flexibility index (Phi) is 3.59. The lowest BCUT2D eigenvalue weighted by Crippen LogP contribution is -2.51. The number of hydrogen-bond donors (Lipinski definition) is 1. The third kappa shape index (κ3) is 2.29. The van der Waals surface area contributed by atoms with Gasteiger partial charge in [-0.15, -0.1) is 0 Å². The van der Waals surface area contributed by atoms with Gasteiger partial charge >= 0.3 is 0 Å². The molecule has 1 rings (SSSR count). The van der Waals surface area contributed by atoms with Crippen molar-refractivity contribution in [2.45, 2.75) is 52.6 Å². The zero-order valence-electron chi connectivity index (χ0n) is 10.4. The maximum Gasteiger partial charge on any atom is 0.0246 e. The summed E-state index contributed by atoms with van der Waals surface area (Å²) in [5.74, 6) is 1.47. The van der Waals surface area contributed by atoms with Crippen LogP contribution in [0, 0.1) is 11.8 Å². The minimum atomic E-state index is 0.341. The van der Waals surface area contributed by atoms with E-state index in [1.807, 2.05) is 0 Å². The normalized spacial score (nSPS) is 29.8. The summed E-state index contributed by atoms with van der Waals surface area (Å²) in [6.07, 6.45) is 1.30. The zero-order valence-corrected chi connectivity index (χ0v) is 10.4. The molecular formula is C12H26N2. The van der Waals surface area contributed by atoms with Gasteiger partial charge in [-0.05, 0) is 32.1 Å². The second-order valence-corrected chi connectivity index (χ2v) is 5.82. The van der Waals surface area contributed by atoms with E-state index in [9.17, 15) is 0 Å². The maximum absolute atomic E-state index is 5.88. The topological polar surface area (TPSA) is 29.3 Å². The Balaban J connectivity index is 2.75. The Morgan fingerprint density at radius 1 is 1.43 bits per heavy atom. The highest BCUT2D eigenvalue weighted by Gasteiger charge is 2.40. The predicted octanol–water partition coefficient (Wildman–Crippen LogP) is 2.09. The molecule has 84 valence electrons. The third-order valence-corrected chi connectivity index (χ3v) is 3.55. The number of nitrogens with two attached hydrogens (primary N) is 1. The molecular weight excluding hydrogens is 172 g/mol. The standard InChI is InChI=1S/C12H26N2/c1-9(2)11(7-13)14-8-10(3)6-12(14,4)5/h9-11H,6-8,13H2,1-5H3. The molecule has 0 bridgehead atoms. The highest BCUT2D eigenvalue weighted by molar-refractivity contribution is 4.95. The van der Waals surface area contributed by atoms with Crippen molar-refractivity contribution in [1.82, 2.24) is 4.90 Å². The van der Waals surface area contributed by atoms with Gasteiger partial charge in [0.1, 0.15) is 0 Å². The van der Waals surface area contributed by atoms with Crippen molar-refractivity contribution in [3.05, 3.63) is 0 Å². The van der Waals surface area contributed by atoms with Crippen LogP contribution in [0.1, 0.15) is 41.0 Å². The summed E-state index contributed by atoms with van der Waals surface area (Å²) in [6, 6.07) is 0.551. The molecule has 2 unspecified atom stereocenters. The minimum absolute atomic E-state index is 0.341. The predicted molar refractivity (Wildman–Crippen MR) is 62.2 cm³/mol. The molecule has 0 aromatic rings. The molecule has 0 amide bonds. The van der Waals surface area contributed by atoms with Crippen molar-refractivity contribution < 1.29 is 0 Å². The van der Waals surface area contributed by atoms with E-state index in [4.69, 9.17) is 5.73 Å². The lowest BCUT2D eigenvalue weighted by atomic mass is 9.94. The SMILES string of the molecule is CC1CN(C(CN)C(C)C)C(C)(C)C1. The molecule has 0 spiro atoms. The summed E-state index contributed by atoms with van der Waals surface area (Å²) in [4.78, 5) is 2.61. The van der Waals surface area contributed by atoms with Gasteiger partial charge in [-0.2, -0.15) is 0 Å². The van der Waals surface area contributed by atoms with Gasteiger partial charge in [0.15, 0.2) is 0 Å². The van der Waals surface area contributed by atoms with E-state index < -0.39 is 0 Å². The molecule has 1 heterocycles. The number of nitrogens with zero attached hydrogens (tertiary/aromatic N) is 1. The van der Waals surface area contributed by atoms with Gasteiger partial charge in [-0.1, -0.05) is 20.8 Å². The van der Waals surface area contributed by atoms with Crippen LogP contribution in [-0.4, -0.2) is 29.6 Å². The molecule has 14 heavy (non-hydrogen) atoms. The fraction of sp³-hybridized carbons (Fsp3) is 1.00. The highest BCUT2D eigenvalue weighted by Crippen LogP contribution is 2.35. The molecule has 0 radical (unpaired) electrons. The lowest BCUT2D eigenvalue weighted by molar-refractivity contribution is 0.0901. The van der Waals surface area contributed by atoms with Gasteiger partial charge < -0.3 is 5.73 Å². The summed E-state index contributed by atoms with van der Waals surface area (Å²) in [7, 11) is 0. The van der Waals surface area contributed by atoms with E-state index in [1.165, 1.54) is 13.0 Å². The summed E-state index contributed by atoms with van der Waals surface area (Å²) in [5, 5.41) is 0. The number of rotatable bonds is 3. The highest BCUT2D eigenvalue weighted by atomic mass is 15.3. The fourth-order valence-electron chi connectivity index (χ4n) is 2.96. The van der Waals surface area contributed by atoms with Gasteiger partial charge in [0.2, 0.25) is 0 Å². The Morgan fingerprint density at radius 3 is 2.29 bits per heavy atom. The molecule has 2 heteroatoms. The third-order valence-electron chi connectivity index (χ3n) is 3.55. The quantitative estimate of drug-likeness (QED) is 0.752. The summed E-state index contributed by atoms with van der Waals surface area (Å²) < 4.78 is 0. The van der Waals surface area contributed by atoms with E-state index in [1.54, 1.807) is 0 Å². The number of hydrogen-bond acceptors (Lipinski definition) is 2. The van der Waals surface area contributed by atoms with E-state index in [-0.39, 0.29) is 0 Å². The molecule has 0 aromatic carbocycles. The number of likely N-dealkylation sites (tertiary alicyclic amines) is 1. The molecule has 1 fully saturated rings. The van der Waals surface area contributed by atoms with Gasteiger partial charge in [-0.25, -0.2) is 0 Å². The Hall–Kier alpha value is -0.0800. The second-order valence-electron chi connectivity index (χ2n) is 5.82. The first-order valence-electron chi connectivity index (χ1n) is 5.85. The molecule has 0 aromatic heterocycles. The van der Waals surface area contributed by atoms with Gasteiger partial charge in [-0.3, -0.25) is 4.90 Å². The molecule has 0 saturated carbocycles. The molecule has 2 nitrogen and oxygen atoms in total. The second kappa shape index (κ2) is 4.19. The molecule has 2 atom stereocenters. The largest absolute Gasteiger partial charge is 0.329 e. The van der Waals surface area contributed by atoms with E-state index in [2.05, 4.69) is 39.5 Å². The maximum atomic E-state index is 5.88. The van der Waals surface area contributed by atoms with Crippen LogP contribution in [0.5, 0.6) is 0 Å². The van der Waals surface area contributed by atoms with Crippen LogP contribution in [0.25, 0.3) is 0 Å². The van der Waals surface area contributed by atoms with Crippen molar-refractivity contribution in [1.29, 1.82) is 0 Å². The van der Waals surface area contributed by atoms with Crippen molar-refractivity contribution in [2.24, 2.45) is 17.6 Å². The summed E-state index contributed by atoms with van der Waals surface area (Å²) >= 11 is 0. The van der Waals surface area contributed by atoms with Gasteiger partial charge in [0, 0.05) is 24.7 Å². The van der Waals surface area contributed by atoms with Crippen molar-refractivity contribution >= 4 is 0 Å². The zero-order chi connectivity index (χ0) is 10.9. The van der Waals surface area contributed by atoms with Crippen LogP contribution in [-0.2, 0) is 0 Å². The lowest BCUT2D eigenvalue weighted by Gasteiger charge is -2.40. The molecule has 2 N–H and O–H groups in total. The molecule has 1 aliphatic heterocycles. The van der Waals surface area contributed by atoms with Crippen molar-refractivity contribution in [3.63, 3.8) is 0 Å². The van der Waals surface area contributed by atoms with Crippen LogP contribution >= 0.6 is 0 Å². The van der Waals surface area contributed by atoms with Gasteiger partial charge in [0.05, 0.1) is 0 Å². The average Bonchev–Trinajstić information content (AvgIpc) is 2.26. The summed E-state index contributed by atoms with van der Waals surface area (Å²) in [6.45, 7) is 13.6. The van der Waals surface area contributed by atoms with Crippen LogP contribution < -0.4 is 5.73 Å². The summed E-state index contributed by atoms with van der Waals surface area (Å²) in [5.41, 5.74) is 6.22. The first-order valence-corrected chi connectivity index (χ1v) is 5.85. The minimum Gasteiger partial charge on any atom is -0.329 e. The smallest absolute Gasteiger partial charge is 0.0246 e. The van der Waals surface area contributed by atoms with Crippen LogP contribution in [0.15, 0.2) is 0 Å². The molecule has 1 saturated heterocycles. The van der Waals surface area contributed by atoms with Crippen LogP contribution in [0.4, 0.5) is 0 Å². The van der Waals surface area contributed by atoms with Crippen LogP contribution in [0.3, 0.4) is 0 Å². The first kappa shape index (κ1) is 12.0. The fourth-order valence-corrected chi connectivity index (χ4v) is 2.96. The first-order chi connectivity index (χ1) is 6.38. The van der Waals surface area contributed by atoms with E-state index >= 15 is 0 Å². The van der Waals surface area contributed by atoms with E-state index in [0.717, 1.165) is 12.5 Å². The Morgan fingerprint density at radius 2 is 2.00 bits per heavy atom. The van der Waals surface area contributed by atoms with E-state index in [0.29, 0.717) is 17.5 Å². The average molecular weight is 198 g/mol. The Labute approximate surface area is 88.8 Å². The molecule has 1 aliphatic rings. The van der Waals surface area contributed by atoms with Crippen molar-refractivity contribution in [2.75, 3.05) is 13.1 Å². The monoisotopic (exact) mass is 198 g/mol. The molecule has 0 aliphatic carbocycles. The Bertz CT molecular complexity index is 187.